The van der Waals surface area contributed by atoms with E-state index in [2.05, 4.69) is 10.3 Å². The summed E-state index contributed by atoms with van der Waals surface area (Å²) in [5.74, 6) is 0. The molecular weight excluding hydrogens is 242 g/mol. The Morgan fingerprint density at radius 2 is 2.00 bits per heavy atom. The Morgan fingerprint density at radius 3 is 2.68 bits per heavy atom. The van der Waals surface area contributed by atoms with Crippen molar-refractivity contribution in [3.63, 3.8) is 0 Å². The smallest absolute Gasteiger partial charge is 0.273 e. The Morgan fingerprint density at radius 1 is 1.26 bits per heavy atom. The van der Waals surface area contributed by atoms with E-state index < -0.39 is 0 Å². The van der Waals surface area contributed by atoms with E-state index in [0.29, 0.717) is 12.1 Å². The molecule has 5 heteroatoms. The van der Waals surface area contributed by atoms with Gasteiger partial charge in [0.15, 0.2) is 0 Å². The van der Waals surface area contributed by atoms with Crippen molar-refractivity contribution in [1.29, 1.82) is 0 Å². The first kappa shape index (κ1) is 13.2. The summed E-state index contributed by atoms with van der Waals surface area (Å²) >= 11 is 0. The summed E-state index contributed by atoms with van der Waals surface area (Å²) < 4.78 is 0. The van der Waals surface area contributed by atoms with Crippen LogP contribution in [0.15, 0.2) is 48.7 Å². The van der Waals surface area contributed by atoms with E-state index in [1.54, 1.807) is 24.4 Å². The first-order valence-electron chi connectivity index (χ1n) is 6.05. The molecule has 1 heterocycles. The molecule has 1 aromatic carbocycles. The van der Waals surface area contributed by atoms with Gasteiger partial charge in [0.1, 0.15) is 0 Å². The minimum Gasteiger partial charge on any atom is -0.304 e. The number of nitro benzene ring substituents is 1. The fraction of sp³-hybridized carbons (Fsp3) is 0.214. The lowest BCUT2D eigenvalue weighted by Crippen LogP contribution is -2.19. The number of aromatic nitrogens is 1. The molecule has 0 aliphatic carbocycles. The van der Waals surface area contributed by atoms with Gasteiger partial charge in [-0.1, -0.05) is 24.3 Å². The lowest BCUT2D eigenvalue weighted by Gasteiger charge is -2.13. The molecule has 0 radical (unpaired) electrons. The molecule has 2 rings (SSSR count). The SMILES string of the molecule is C[C@H](NCc1ccccc1[N+](=O)[O-])c1ccccn1. The number of rotatable bonds is 5. The fourth-order valence-corrected chi connectivity index (χ4v) is 1.84. The third-order valence-electron chi connectivity index (χ3n) is 2.92. The molecule has 0 aliphatic heterocycles. The summed E-state index contributed by atoms with van der Waals surface area (Å²) in [7, 11) is 0. The highest BCUT2D eigenvalue weighted by molar-refractivity contribution is 5.39. The zero-order valence-electron chi connectivity index (χ0n) is 10.6. The van der Waals surface area contributed by atoms with Gasteiger partial charge in [-0.25, -0.2) is 0 Å². The van der Waals surface area contributed by atoms with Crippen molar-refractivity contribution >= 4 is 5.69 Å². The van der Waals surface area contributed by atoms with Crippen LogP contribution in [0.2, 0.25) is 0 Å². The molecule has 0 saturated carbocycles. The van der Waals surface area contributed by atoms with Crippen LogP contribution in [0.4, 0.5) is 5.69 Å². The van der Waals surface area contributed by atoms with Gasteiger partial charge >= 0.3 is 0 Å². The molecule has 1 N–H and O–H groups in total. The van der Waals surface area contributed by atoms with Gasteiger partial charge in [0.2, 0.25) is 0 Å². The van der Waals surface area contributed by atoms with Crippen molar-refractivity contribution in [1.82, 2.24) is 10.3 Å². The Labute approximate surface area is 111 Å². The predicted molar refractivity (Wildman–Crippen MR) is 72.6 cm³/mol. The average Bonchev–Trinajstić information content (AvgIpc) is 2.46. The van der Waals surface area contributed by atoms with Crippen LogP contribution in [0.1, 0.15) is 24.2 Å². The van der Waals surface area contributed by atoms with Crippen molar-refractivity contribution in [2.24, 2.45) is 0 Å². The van der Waals surface area contributed by atoms with Crippen molar-refractivity contribution in [2.45, 2.75) is 19.5 Å². The van der Waals surface area contributed by atoms with Gasteiger partial charge in [-0.15, -0.1) is 0 Å². The number of hydrogen-bond donors (Lipinski definition) is 1. The molecule has 0 bridgehead atoms. The highest BCUT2D eigenvalue weighted by Gasteiger charge is 2.13. The zero-order chi connectivity index (χ0) is 13.7. The Bertz CT molecular complexity index is 558. The van der Waals surface area contributed by atoms with Crippen molar-refractivity contribution in [2.75, 3.05) is 0 Å². The van der Waals surface area contributed by atoms with Crippen LogP contribution in [-0.2, 0) is 6.54 Å². The number of benzene rings is 1. The molecule has 0 saturated heterocycles. The second-order valence-electron chi connectivity index (χ2n) is 4.24. The van der Waals surface area contributed by atoms with Crippen LogP contribution in [0.5, 0.6) is 0 Å². The van der Waals surface area contributed by atoms with Gasteiger partial charge in [0.05, 0.1) is 10.6 Å². The quantitative estimate of drug-likeness (QED) is 0.660. The Balaban J connectivity index is 2.05. The van der Waals surface area contributed by atoms with Crippen LogP contribution < -0.4 is 5.32 Å². The van der Waals surface area contributed by atoms with Gasteiger partial charge in [-0.05, 0) is 19.1 Å². The molecule has 0 amide bonds. The van der Waals surface area contributed by atoms with Crippen molar-refractivity contribution < 1.29 is 4.92 Å². The minimum atomic E-state index is -0.359. The minimum absolute atomic E-state index is 0.0426. The third-order valence-corrected chi connectivity index (χ3v) is 2.92. The summed E-state index contributed by atoms with van der Waals surface area (Å²) in [6.45, 7) is 2.42. The van der Waals surface area contributed by atoms with Crippen molar-refractivity contribution in [3.8, 4) is 0 Å². The van der Waals surface area contributed by atoms with Crippen molar-refractivity contribution in [3.05, 3.63) is 70.0 Å². The van der Waals surface area contributed by atoms with Gasteiger partial charge in [0.25, 0.3) is 5.69 Å². The molecule has 1 atom stereocenters. The first-order valence-corrected chi connectivity index (χ1v) is 6.05. The topological polar surface area (TPSA) is 68.1 Å². The number of nitrogens with zero attached hydrogens (tertiary/aromatic N) is 2. The van der Waals surface area contributed by atoms with E-state index in [9.17, 15) is 10.1 Å². The normalized spacial score (nSPS) is 12.1. The van der Waals surface area contributed by atoms with E-state index in [1.807, 2.05) is 25.1 Å². The maximum Gasteiger partial charge on any atom is 0.273 e. The number of hydrogen-bond acceptors (Lipinski definition) is 4. The molecule has 2 aromatic rings. The molecule has 0 fully saturated rings. The van der Waals surface area contributed by atoms with E-state index in [1.165, 1.54) is 6.07 Å². The molecule has 0 spiro atoms. The van der Waals surface area contributed by atoms with Crippen LogP contribution >= 0.6 is 0 Å². The standard InChI is InChI=1S/C14H15N3O2/c1-11(13-7-4-5-9-15-13)16-10-12-6-2-3-8-14(12)17(18)19/h2-9,11,16H,10H2,1H3/t11-/m0/s1. The summed E-state index contributed by atoms with van der Waals surface area (Å²) in [6, 6.07) is 12.5. The zero-order valence-corrected chi connectivity index (χ0v) is 10.6. The van der Waals surface area contributed by atoms with Crippen LogP contribution in [0.25, 0.3) is 0 Å². The number of nitrogens with one attached hydrogen (secondary N) is 1. The lowest BCUT2D eigenvalue weighted by atomic mass is 10.1. The van der Waals surface area contributed by atoms with Gasteiger partial charge in [-0.2, -0.15) is 0 Å². The van der Waals surface area contributed by atoms with Crippen LogP contribution in [-0.4, -0.2) is 9.91 Å². The summed E-state index contributed by atoms with van der Waals surface area (Å²) in [5, 5.41) is 14.1. The molecule has 0 unspecified atom stereocenters. The summed E-state index contributed by atoms with van der Waals surface area (Å²) in [5.41, 5.74) is 1.74. The van der Waals surface area contributed by atoms with E-state index >= 15 is 0 Å². The highest BCUT2D eigenvalue weighted by Crippen LogP contribution is 2.18. The number of para-hydroxylation sites is 1. The Hall–Kier alpha value is -2.27. The largest absolute Gasteiger partial charge is 0.304 e. The summed E-state index contributed by atoms with van der Waals surface area (Å²) in [4.78, 5) is 14.8. The van der Waals surface area contributed by atoms with Gasteiger partial charge in [-0.3, -0.25) is 15.1 Å². The molecule has 19 heavy (non-hydrogen) atoms. The highest BCUT2D eigenvalue weighted by atomic mass is 16.6. The van der Waals surface area contributed by atoms with E-state index in [4.69, 9.17) is 0 Å². The number of pyridine rings is 1. The second kappa shape index (κ2) is 6.06. The Kier molecular flexibility index (Phi) is 4.20. The van der Waals surface area contributed by atoms with E-state index in [-0.39, 0.29) is 16.7 Å². The maximum atomic E-state index is 10.9. The van der Waals surface area contributed by atoms with Crippen LogP contribution in [0.3, 0.4) is 0 Å². The fourth-order valence-electron chi connectivity index (χ4n) is 1.84. The van der Waals surface area contributed by atoms with E-state index in [0.717, 1.165) is 5.69 Å². The maximum absolute atomic E-state index is 10.9. The monoisotopic (exact) mass is 257 g/mol. The average molecular weight is 257 g/mol. The van der Waals surface area contributed by atoms with Gasteiger partial charge in [0, 0.05) is 30.4 Å². The number of nitro groups is 1. The molecular formula is C14H15N3O2. The predicted octanol–water partition coefficient (Wildman–Crippen LogP) is 2.84. The third kappa shape index (κ3) is 3.35. The molecule has 5 nitrogen and oxygen atoms in total. The molecule has 0 aliphatic rings. The second-order valence-corrected chi connectivity index (χ2v) is 4.24. The molecule has 98 valence electrons. The summed E-state index contributed by atoms with van der Waals surface area (Å²) in [6.07, 6.45) is 1.73. The lowest BCUT2D eigenvalue weighted by molar-refractivity contribution is -0.385. The first-order chi connectivity index (χ1) is 9.18. The van der Waals surface area contributed by atoms with Crippen LogP contribution in [0, 0.1) is 10.1 Å². The molecule has 1 aromatic heterocycles. The van der Waals surface area contributed by atoms with Gasteiger partial charge < -0.3 is 5.32 Å².